The van der Waals surface area contributed by atoms with Gasteiger partial charge in [0.05, 0.1) is 0 Å². The van der Waals surface area contributed by atoms with Gasteiger partial charge in [0, 0.05) is 0 Å². The lowest BCUT2D eigenvalue weighted by atomic mass is 11.2. The van der Waals surface area contributed by atoms with E-state index in [1.54, 1.807) is 0 Å². The van der Waals surface area contributed by atoms with E-state index in [9.17, 15) is 0 Å². The van der Waals surface area contributed by atoms with Crippen LogP contribution < -0.4 is 0 Å². The second kappa shape index (κ2) is 0.223. The van der Waals surface area contributed by atoms with E-state index in [4.69, 9.17) is 5.11 Å². The quantitative estimate of drug-likeness (QED) is 0.436. The molecule has 1 aliphatic rings. The molecule has 0 bridgehead atoms. The molecular weight excluding hydrogens is 56.0 g/mol. The summed E-state index contributed by atoms with van der Waals surface area (Å²) in [5, 5.41) is 7.81. The lowest BCUT2D eigenvalue weighted by molar-refractivity contribution is 0.282. The lowest BCUT2D eigenvalue weighted by Gasteiger charge is -1.55. The van der Waals surface area contributed by atoms with E-state index < -0.39 is 0 Å². The molecule has 1 N–H and O–H groups in total. The Kier molecular flexibility index (Phi) is 0.0914. The zero-order valence-corrected chi connectivity index (χ0v) is 1.93. The fourth-order valence-corrected chi connectivity index (χ4v) is 0.0264. The third kappa shape index (κ3) is 0.0283. The molecule has 22 valence electrons. The number of hydrogen-bond donors (Lipinski definition) is 1. The van der Waals surface area contributed by atoms with Crippen LogP contribution in [-0.2, 0) is 4.74 Å². The third-order valence-corrected chi connectivity index (χ3v) is 0.223. The average Bonchev–Trinajstić information content (AvgIpc) is 1.75. The molecule has 0 fully saturated rings. The molecule has 1 heterocycles. The van der Waals surface area contributed by atoms with Gasteiger partial charge in [-0.3, -0.25) is 0 Å². The van der Waals surface area contributed by atoms with Crippen molar-refractivity contribution in [1.29, 1.82) is 0 Å². The maximum Gasteiger partial charge on any atom is 0.319 e. The molecule has 0 aliphatic carbocycles. The number of rotatable bonds is 0. The van der Waals surface area contributed by atoms with Crippen molar-refractivity contribution in [2.24, 2.45) is 0 Å². The first kappa shape index (κ1) is 1.64. The Bertz CT molecular complexity index is 55.1. The van der Waals surface area contributed by atoms with Gasteiger partial charge in [-0.15, -0.1) is 0 Å². The maximum atomic E-state index is 7.81. The Labute approximate surface area is 23.3 Å². The van der Waals surface area contributed by atoms with Gasteiger partial charge in [-0.2, -0.15) is 0 Å². The molecule has 4 heavy (non-hydrogen) atoms. The van der Waals surface area contributed by atoms with Crippen LogP contribution in [0.3, 0.4) is 0 Å². The smallest absolute Gasteiger partial charge is 0.319 e. The highest BCUT2D eigenvalue weighted by atomic mass is 16.7. The van der Waals surface area contributed by atoms with E-state index in [2.05, 4.69) is 4.74 Å². The molecule has 0 saturated carbocycles. The van der Waals surface area contributed by atoms with Gasteiger partial charge in [-0.05, 0) is 0 Å². The largest absolute Gasteiger partial charge is 0.478 e. The summed E-state index contributed by atoms with van der Waals surface area (Å²) in [5.41, 5.74) is 0. The van der Waals surface area contributed by atoms with Crippen LogP contribution >= 0.6 is 0 Å². The minimum absolute atomic E-state index is 0.0417. The summed E-state index contributed by atoms with van der Waals surface area (Å²) in [5.74, 6) is 0.0417. The van der Waals surface area contributed by atoms with Crippen LogP contribution in [-0.4, -0.2) is 5.11 Å². The fourth-order valence-electron chi connectivity index (χ4n) is 0.0264. The second-order valence-corrected chi connectivity index (χ2v) is 0.574. The second-order valence-electron chi connectivity index (χ2n) is 0.574. The zero-order chi connectivity index (χ0) is 2.99. The minimum atomic E-state index is 0.0417. The van der Waals surface area contributed by atoms with Crippen LogP contribution in [0, 0.1) is 0 Å². The highest BCUT2D eigenvalue weighted by Crippen LogP contribution is 2.04. The molecule has 0 saturated heterocycles. The van der Waals surface area contributed by atoms with E-state index in [0.29, 0.717) is 0 Å². The van der Waals surface area contributed by atoms with Crippen LogP contribution in [0.15, 0.2) is 12.2 Å². The van der Waals surface area contributed by atoms with Gasteiger partial charge < -0.3 is 9.84 Å². The Hall–Kier alpha value is -0.660. The molecule has 0 amide bonds. The fraction of sp³-hybridized carbons (Fsp3) is 0. The SMILES string of the molecule is OC1=CO1. The van der Waals surface area contributed by atoms with Crippen molar-refractivity contribution in [2.45, 2.75) is 0 Å². The first-order valence-corrected chi connectivity index (χ1v) is 0.952. The highest BCUT2D eigenvalue weighted by Gasteiger charge is 2.01. The summed E-state index contributed by atoms with van der Waals surface area (Å²) in [6.45, 7) is 0. The van der Waals surface area contributed by atoms with Crippen LogP contribution in [0.4, 0.5) is 0 Å². The normalized spacial score (nSPS) is 17.5. The maximum absolute atomic E-state index is 7.81. The Morgan fingerprint density at radius 2 is 2.25 bits per heavy atom. The molecule has 1 rings (SSSR count). The zero-order valence-electron chi connectivity index (χ0n) is 1.93. The molecule has 2 nitrogen and oxygen atoms in total. The highest BCUT2D eigenvalue weighted by molar-refractivity contribution is 4.88. The van der Waals surface area contributed by atoms with Gasteiger partial charge in [-0.25, -0.2) is 0 Å². The average molecular weight is 58.0 g/mol. The van der Waals surface area contributed by atoms with E-state index in [0.717, 1.165) is 0 Å². The van der Waals surface area contributed by atoms with Crippen LogP contribution in [0.25, 0.3) is 0 Å². The van der Waals surface area contributed by atoms with E-state index in [-0.39, 0.29) is 5.95 Å². The lowest BCUT2D eigenvalue weighted by Crippen LogP contribution is -1.44. The van der Waals surface area contributed by atoms with Crippen molar-refractivity contribution in [1.82, 2.24) is 0 Å². The summed E-state index contributed by atoms with van der Waals surface area (Å²) in [6.07, 6.45) is 1.26. The monoisotopic (exact) mass is 58.0 g/mol. The summed E-state index contributed by atoms with van der Waals surface area (Å²) >= 11 is 0. The summed E-state index contributed by atoms with van der Waals surface area (Å²) in [7, 11) is 0. The molecule has 2 heteroatoms. The van der Waals surface area contributed by atoms with Crippen LogP contribution in [0.1, 0.15) is 0 Å². The molecule has 0 aromatic carbocycles. The molecule has 0 aromatic rings. The van der Waals surface area contributed by atoms with Crippen LogP contribution in [0.2, 0.25) is 0 Å². The molecule has 1 aliphatic heterocycles. The van der Waals surface area contributed by atoms with Crippen molar-refractivity contribution >= 4 is 0 Å². The topological polar surface area (TPSA) is 32.8 Å². The number of ether oxygens (including phenoxy) is 1. The molecular formula is C2H2O2. The van der Waals surface area contributed by atoms with Crippen molar-refractivity contribution in [3.63, 3.8) is 0 Å². The third-order valence-electron chi connectivity index (χ3n) is 0.223. The number of aliphatic hydroxyl groups is 1. The predicted octanol–water partition coefficient (Wildman–Crippen LogP) is 0.373. The van der Waals surface area contributed by atoms with E-state index in [1.165, 1.54) is 6.26 Å². The van der Waals surface area contributed by atoms with Crippen molar-refractivity contribution in [3.05, 3.63) is 12.2 Å². The summed E-state index contributed by atoms with van der Waals surface area (Å²) in [4.78, 5) is 0. The molecule has 0 unspecified atom stereocenters. The van der Waals surface area contributed by atoms with Gasteiger partial charge in [0.25, 0.3) is 0 Å². The summed E-state index contributed by atoms with van der Waals surface area (Å²) < 4.78 is 4.06. The van der Waals surface area contributed by atoms with Crippen molar-refractivity contribution in [3.8, 4) is 0 Å². The predicted molar refractivity (Wildman–Crippen MR) is 11.8 cm³/mol. The first-order chi connectivity index (χ1) is 1.89. The number of hydrogen-bond acceptors (Lipinski definition) is 2. The van der Waals surface area contributed by atoms with Crippen molar-refractivity contribution in [2.75, 3.05) is 0 Å². The molecule has 0 spiro atoms. The standard InChI is InChI=1S/C2H2O2/c3-2-1-4-2/h1,3H. The Morgan fingerprint density at radius 3 is 2.25 bits per heavy atom. The Morgan fingerprint density at radius 1 is 2.00 bits per heavy atom. The first-order valence-electron chi connectivity index (χ1n) is 0.952. The van der Waals surface area contributed by atoms with Gasteiger partial charge in [0.15, 0.2) is 6.26 Å². The van der Waals surface area contributed by atoms with E-state index in [1.807, 2.05) is 0 Å². The number of aliphatic hydroxyl groups excluding tert-OH is 1. The minimum Gasteiger partial charge on any atom is -0.478 e. The van der Waals surface area contributed by atoms with E-state index >= 15 is 0 Å². The summed E-state index contributed by atoms with van der Waals surface area (Å²) in [6, 6.07) is 0. The van der Waals surface area contributed by atoms with Gasteiger partial charge >= 0.3 is 5.95 Å². The molecule has 0 aromatic heterocycles. The van der Waals surface area contributed by atoms with Crippen LogP contribution in [0.5, 0.6) is 0 Å². The molecule has 0 radical (unpaired) electrons. The van der Waals surface area contributed by atoms with Gasteiger partial charge in [0.1, 0.15) is 0 Å². The van der Waals surface area contributed by atoms with Gasteiger partial charge in [-0.1, -0.05) is 0 Å². The molecule has 0 atom stereocenters. The van der Waals surface area contributed by atoms with Crippen molar-refractivity contribution < 1.29 is 9.84 Å². The van der Waals surface area contributed by atoms with Gasteiger partial charge in [0.2, 0.25) is 0 Å². The Balaban J connectivity index is 2.54.